The van der Waals surface area contributed by atoms with Gasteiger partial charge >= 0.3 is 0 Å². The van der Waals surface area contributed by atoms with E-state index in [2.05, 4.69) is 24.7 Å². The molecule has 0 spiro atoms. The molecule has 1 aromatic carbocycles. The molecule has 26 heavy (non-hydrogen) atoms. The summed E-state index contributed by atoms with van der Waals surface area (Å²) in [6.07, 6.45) is 1.58. The molecule has 0 saturated heterocycles. The number of nitrogens with two attached hydrogens (primary N) is 1. The number of nitrogens with one attached hydrogen (secondary N) is 1. The van der Waals surface area contributed by atoms with Crippen LogP contribution in [0.4, 0.5) is 5.95 Å². The summed E-state index contributed by atoms with van der Waals surface area (Å²) >= 11 is 0. The number of carbonyl (C=O) groups excluding carboxylic acids is 1. The Morgan fingerprint density at radius 2 is 1.77 bits per heavy atom. The van der Waals surface area contributed by atoms with Gasteiger partial charge in [-0.05, 0) is 43.3 Å². The van der Waals surface area contributed by atoms with Crippen LogP contribution >= 0.6 is 0 Å². The fraction of sp³-hybridized carbons (Fsp3) is 0.0625. The van der Waals surface area contributed by atoms with Gasteiger partial charge in [-0.3, -0.25) is 9.78 Å². The van der Waals surface area contributed by atoms with Crippen molar-refractivity contribution in [3.8, 4) is 11.5 Å². The minimum atomic E-state index is -3.95. The smallest absolute Gasteiger partial charge is 0.264 e. The molecule has 0 aliphatic rings. The lowest BCUT2D eigenvalue weighted by Crippen LogP contribution is -2.17. The average Bonchev–Trinajstić information content (AvgIpc) is 2.61. The molecule has 2 aromatic heterocycles. The average molecular weight is 370 g/mol. The van der Waals surface area contributed by atoms with E-state index in [1.54, 1.807) is 31.3 Å². The van der Waals surface area contributed by atoms with Gasteiger partial charge in [0, 0.05) is 11.8 Å². The Labute approximate surface area is 149 Å². The van der Waals surface area contributed by atoms with Gasteiger partial charge in [0.25, 0.3) is 10.0 Å². The van der Waals surface area contributed by atoms with Crippen LogP contribution in [0.2, 0.25) is 0 Å². The molecule has 0 aliphatic carbocycles. The molecule has 1 amide bonds. The number of aryl methyl sites for hydroxylation is 1. The van der Waals surface area contributed by atoms with E-state index in [1.807, 2.05) is 0 Å². The third kappa shape index (κ3) is 3.81. The maximum absolute atomic E-state index is 12.5. The normalized spacial score (nSPS) is 11.1. The molecule has 9 nitrogen and oxygen atoms in total. The first-order valence-corrected chi connectivity index (χ1v) is 8.90. The van der Waals surface area contributed by atoms with Gasteiger partial charge in [0.15, 0.2) is 5.82 Å². The maximum Gasteiger partial charge on any atom is 0.264 e. The summed E-state index contributed by atoms with van der Waals surface area (Å²) in [4.78, 5) is 27.4. The van der Waals surface area contributed by atoms with Gasteiger partial charge in [-0.25, -0.2) is 18.1 Å². The lowest BCUT2D eigenvalue weighted by Gasteiger charge is -2.08. The summed E-state index contributed by atoms with van der Waals surface area (Å²) in [7, 11) is -3.95. The molecule has 10 heteroatoms. The number of aromatic nitrogens is 4. The van der Waals surface area contributed by atoms with Crippen molar-refractivity contribution in [2.75, 3.05) is 4.72 Å². The van der Waals surface area contributed by atoms with E-state index in [0.29, 0.717) is 11.5 Å². The van der Waals surface area contributed by atoms with Crippen molar-refractivity contribution in [2.45, 2.75) is 11.8 Å². The highest BCUT2D eigenvalue weighted by Crippen LogP contribution is 2.17. The first-order chi connectivity index (χ1) is 12.3. The number of amides is 1. The monoisotopic (exact) mass is 370 g/mol. The topological polar surface area (TPSA) is 141 Å². The van der Waals surface area contributed by atoms with E-state index in [0.717, 1.165) is 0 Å². The molecule has 3 rings (SSSR count). The molecule has 0 fully saturated rings. The van der Waals surface area contributed by atoms with Crippen molar-refractivity contribution in [1.29, 1.82) is 0 Å². The molecule has 3 N–H and O–H groups in total. The zero-order valence-electron chi connectivity index (χ0n) is 13.6. The summed E-state index contributed by atoms with van der Waals surface area (Å²) < 4.78 is 27.3. The number of anilines is 1. The molecule has 0 bridgehead atoms. The number of pyridine rings is 1. The number of primary amides is 1. The van der Waals surface area contributed by atoms with Gasteiger partial charge in [-0.1, -0.05) is 6.07 Å². The number of carbonyl (C=O) groups is 1. The lowest BCUT2D eigenvalue weighted by atomic mass is 10.2. The summed E-state index contributed by atoms with van der Waals surface area (Å²) in [5.41, 5.74) is 5.84. The predicted octanol–water partition coefficient (Wildman–Crippen LogP) is 1.14. The third-order valence-corrected chi connectivity index (χ3v) is 4.66. The van der Waals surface area contributed by atoms with Crippen LogP contribution in [0, 0.1) is 6.92 Å². The van der Waals surface area contributed by atoms with Gasteiger partial charge in [-0.15, -0.1) is 0 Å². The molecule has 0 radical (unpaired) electrons. The largest absolute Gasteiger partial charge is 0.366 e. The molecule has 0 aliphatic heterocycles. The van der Waals surface area contributed by atoms with Crippen molar-refractivity contribution in [1.82, 2.24) is 19.9 Å². The molecule has 0 atom stereocenters. The van der Waals surface area contributed by atoms with Crippen LogP contribution in [0.5, 0.6) is 0 Å². The molecular formula is C16H14N6O3S. The van der Waals surface area contributed by atoms with Gasteiger partial charge in [0.1, 0.15) is 11.5 Å². The van der Waals surface area contributed by atoms with Crippen LogP contribution in [-0.4, -0.2) is 34.3 Å². The van der Waals surface area contributed by atoms with E-state index in [4.69, 9.17) is 5.73 Å². The van der Waals surface area contributed by atoms with Crippen LogP contribution in [0.25, 0.3) is 11.5 Å². The molecule has 3 aromatic rings. The minimum absolute atomic E-state index is 0.0556. The minimum Gasteiger partial charge on any atom is -0.366 e. The van der Waals surface area contributed by atoms with E-state index in [1.165, 1.54) is 24.3 Å². The van der Waals surface area contributed by atoms with Crippen molar-refractivity contribution in [3.05, 3.63) is 60.0 Å². The summed E-state index contributed by atoms with van der Waals surface area (Å²) in [6, 6.07) is 10.4. The lowest BCUT2D eigenvalue weighted by molar-refractivity contribution is 0.1000. The number of rotatable bonds is 5. The first kappa shape index (κ1) is 17.4. The highest BCUT2D eigenvalue weighted by atomic mass is 32.2. The van der Waals surface area contributed by atoms with Crippen LogP contribution in [0.1, 0.15) is 16.2 Å². The second-order valence-electron chi connectivity index (χ2n) is 5.24. The van der Waals surface area contributed by atoms with Gasteiger partial charge in [-0.2, -0.15) is 9.97 Å². The van der Waals surface area contributed by atoms with Crippen molar-refractivity contribution in [3.63, 3.8) is 0 Å². The van der Waals surface area contributed by atoms with E-state index in [-0.39, 0.29) is 22.2 Å². The standard InChI is InChI=1S/C16H14N6O3S/c1-10-19-15(13-4-2-3-9-18-13)21-16(20-10)22-26(24,25)12-7-5-11(6-8-12)14(17)23/h2-9H,1H3,(H2,17,23)(H,19,20,21,22). The number of benzene rings is 1. The highest BCUT2D eigenvalue weighted by Gasteiger charge is 2.17. The van der Waals surface area contributed by atoms with E-state index < -0.39 is 15.9 Å². The third-order valence-electron chi connectivity index (χ3n) is 3.32. The quantitative estimate of drug-likeness (QED) is 0.686. The zero-order chi connectivity index (χ0) is 18.7. The molecular weight excluding hydrogens is 356 g/mol. The summed E-state index contributed by atoms with van der Waals surface area (Å²) in [6.45, 7) is 1.62. The Hall–Kier alpha value is -3.40. The highest BCUT2D eigenvalue weighted by molar-refractivity contribution is 7.92. The molecule has 0 saturated carbocycles. The fourth-order valence-electron chi connectivity index (χ4n) is 2.11. The zero-order valence-corrected chi connectivity index (χ0v) is 14.4. The Morgan fingerprint density at radius 3 is 2.38 bits per heavy atom. The Kier molecular flexibility index (Phi) is 4.59. The second kappa shape index (κ2) is 6.84. The number of sulfonamides is 1. The summed E-state index contributed by atoms with van der Waals surface area (Å²) in [5, 5.41) is 0. The van der Waals surface area contributed by atoms with Crippen molar-refractivity contribution >= 4 is 21.9 Å². The Morgan fingerprint density at radius 1 is 1.04 bits per heavy atom. The fourth-order valence-corrected chi connectivity index (χ4v) is 3.06. The first-order valence-electron chi connectivity index (χ1n) is 7.42. The van der Waals surface area contributed by atoms with Crippen molar-refractivity contribution < 1.29 is 13.2 Å². The van der Waals surface area contributed by atoms with Gasteiger partial charge in [0.05, 0.1) is 4.90 Å². The number of nitrogens with zero attached hydrogens (tertiary/aromatic N) is 4. The summed E-state index contributed by atoms with van der Waals surface area (Å²) in [5.74, 6) is -0.186. The SMILES string of the molecule is Cc1nc(NS(=O)(=O)c2ccc(C(N)=O)cc2)nc(-c2ccccn2)n1. The predicted molar refractivity (Wildman–Crippen MR) is 93.6 cm³/mol. The van der Waals surface area contributed by atoms with Gasteiger partial charge < -0.3 is 5.73 Å². The molecule has 132 valence electrons. The van der Waals surface area contributed by atoms with Gasteiger partial charge in [0.2, 0.25) is 11.9 Å². The van der Waals surface area contributed by atoms with Crippen LogP contribution in [0.15, 0.2) is 53.6 Å². The Bertz CT molecular complexity index is 1050. The van der Waals surface area contributed by atoms with Crippen LogP contribution in [0.3, 0.4) is 0 Å². The number of hydrogen-bond acceptors (Lipinski definition) is 7. The Balaban J connectivity index is 1.92. The maximum atomic E-state index is 12.5. The molecule has 0 unspecified atom stereocenters. The number of hydrogen-bond donors (Lipinski definition) is 2. The van der Waals surface area contributed by atoms with Crippen LogP contribution in [-0.2, 0) is 10.0 Å². The second-order valence-corrected chi connectivity index (χ2v) is 6.92. The molecule has 2 heterocycles. The van der Waals surface area contributed by atoms with Crippen molar-refractivity contribution in [2.24, 2.45) is 5.73 Å². The van der Waals surface area contributed by atoms with E-state index in [9.17, 15) is 13.2 Å². The van der Waals surface area contributed by atoms with E-state index >= 15 is 0 Å². The van der Waals surface area contributed by atoms with Crippen LogP contribution < -0.4 is 10.5 Å².